The maximum atomic E-state index is 13.0. The fourth-order valence-corrected chi connectivity index (χ4v) is 2.96. The zero-order valence-corrected chi connectivity index (χ0v) is 12.1. The zero-order valence-electron chi connectivity index (χ0n) is 12.1. The molecule has 0 spiro atoms. The molecule has 0 aromatic heterocycles. The molecule has 21 heavy (non-hydrogen) atoms. The first-order chi connectivity index (χ1) is 10.2. The van der Waals surface area contributed by atoms with E-state index in [-0.39, 0.29) is 12.5 Å². The molecule has 1 aromatic carbocycles. The number of morpholine rings is 1. The first kappa shape index (κ1) is 14.1. The van der Waals surface area contributed by atoms with Crippen molar-refractivity contribution in [2.24, 2.45) is 0 Å². The van der Waals surface area contributed by atoms with E-state index in [2.05, 4.69) is 0 Å². The minimum atomic E-state index is -0.627. The lowest BCUT2D eigenvalue weighted by Crippen LogP contribution is -2.55. The Kier molecular flexibility index (Phi) is 3.68. The number of nitrogens with zero attached hydrogens (tertiary/aromatic N) is 1. The molecule has 1 heterocycles. The van der Waals surface area contributed by atoms with Gasteiger partial charge in [0, 0.05) is 6.54 Å². The van der Waals surface area contributed by atoms with Crippen LogP contribution in [0.1, 0.15) is 18.4 Å². The largest absolute Gasteiger partial charge is 0.467 e. The lowest BCUT2D eigenvalue weighted by Gasteiger charge is -2.36. The molecule has 0 radical (unpaired) electrons. The quantitative estimate of drug-likeness (QED) is 0.782. The third kappa shape index (κ3) is 2.42. The number of ether oxygens (including phenoxy) is 2. The minimum absolute atomic E-state index is 0.0207. The molecule has 1 amide bonds. The van der Waals surface area contributed by atoms with Crippen LogP contribution in [-0.2, 0) is 24.5 Å². The molecular weight excluding hydrogens is 270 g/mol. The molecule has 1 aliphatic carbocycles. The van der Waals surface area contributed by atoms with Crippen LogP contribution in [0.25, 0.3) is 0 Å². The Morgan fingerprint density at radius 1 is 1.29 bits per heavy atom. The van der Waals surface area contributed by atoms with Crippen LogP contribution < -0.4 is 0 Å². The van der Waals surface area contributed by atoms with Crippen molar-refractivity contribution in [2.45, 2.75) is 24.3 Å². The molecule has 112 valence electrons. The van der Waals surface area contributed by atoms with E-state index in [1.54, 1.807) is 4.90 Å². The van der Waals surface area contributed by atoms with E-state index in [9.17, 15) is 9.59 Å². The van der Waals surface area contributed by atoms with E-state index >= 15 is 0 Å². The molecule has 0 N–H and O–H groups in total. The second-order valence-corrected chi connectivity index (χ2v) is 5.56. The summed E-state index contributed by atoms with van der Waals surface area (Å²) in [6.07, 6.45) is 1.67. The van der Waals surface area contributed by atoms with Gasteiger partial charge in [0.2, 0.25) is 5.91 Å². The Morgan fingerprint density at radius 2 is 2.00 bits per heavy atom. The molecule has 1 atom stereocenters. The highest BCUT2D eigenvalue weighted by Gasteiger charge is 2.54. The molecule has 5 nitrogen and oxygen atoms in total. The molecule has 3 rings (SSSR count). The summed E-state index contributed by atoms with van der Waals surface area (Å²) < 4.78 is 10.1. The van der Waals surface area contributed by atoms with Gasteiger partial charge in [0.1, 0.15) is 0 Å². The van der Waals surface area contributed by atoms with Gasteiger partial charge in [-0.25, -0.2) is 4.79 Å². The Hall–Kier alpha value is -1.88. The van der Waals surface area contributed by atoms with Crippen molar-refractivity contribution in [2.75, 3.05) is 26.9 Å². The number of benzene rings is 1. The molecule has 1 saturated heterocycles. The molecule has 1 aromatic rings. The van der Waals surface area contributed by atoms with E-state index in [4.69, 9.17) is 9.47 Å². The summed E-state index contributed by atoms with van der Waals surface area (Å²) in [6.45, 7) is 1.11. The van der Waals surface area contributed by atoms with Crippen molar-refractivity contribution >= 4 is 11.9 Å². The summed E-state index contributed by atoms with van der Waals surface area (Å²) >= 11 is 0. The summed E-state index contributed by atoms with van der Waals surface area (Å²) in [5.74, 6) is -0.390. The molecule has 1 aliphatic heterocycles. The number of carbonyl (C=O) groups excluding carboxylic acids is 2. The predicted molar refractivity (Wildman–Crippen MR) is 75.7 cm³/mol. The Labute approximate surface area is 123 Å². The third-order valence-corrected chi connectivity index (χ3v) is 4.35. The van der Waals surface area contributed by atoms with E-state index in [1.807, 2.05) is 30.3 Å². The molecular formula is C16H19NO4. The van der Waals surface area contributed by atoms with Crippen LogP contribution in [0, 0.1) is 0 Å². The van der Waals surface area contributed by atoms with Crippen LogP contribution in [-0.4, -0.2) is 49.7 Å². The number of rotatable bonds is 3. The van der Waals surface area contributed by atoms with Crippen molar-refractivity contribution < 1.29 is 19.1 Å². The van der Waals surface area contributed by atoms with Gasteiger partial charge in [0.15, 0.2) is 6.04 Å². The maximum absolute atomic E-state index is 13.0. The summed E-state index contributed by atoms with van der Waals surface area (Å²) in [5, 5.41) is 0. The molecule has 2 fully saturated rings. The topological polar surface area (TPSA) is 55.8 Å². The van der Waals surface area contributed by atoms with Crippen LogP contribution >= 0.6 is 0 Å². The Bertz CT molecular complexity index is 538. The lowest BCUT2D eigenvalue weighted by molar-refractivity contribution is -0.161. The minimum Gasteiger partial charge on any atom is -0.467 e. The van der Waals surface area contributed by atoms with Gasteiger partial charge in [0.25, 0.3) is 0 Å². The highest BCUT2D eigenvalue weighted by molar-refractivity contribution is 5.94. The molecule has 5 heteroatoms. The summed E-state index contributed by atoms with van der Waals surface area (Å²) in [7, 11) is 1.34. The smallest absolute Gasteiger partial charge is 0.331 e. The van der Waals surface area contributed by atoms with Gasteiger partial charge in [-0.3, -0.25) is 4.79 Å². The summed E-state index contributed by atoms with van der Waals surface area (Å²) in [5.41, 5.74) is 0.579. The first-order valence-electron chi connectivity index (χ1n) is 7.21. The second-order valence-electron chi connectivity index (χ2n) is 5.56. The monoisotopic (exact) mass is 289 g/mol. The first-order valence-corrected chi connectivity index (χ1v) is 7.21. The summed E-state index contributed by atoms with van der Waals surface area (Å²) in [6, 6.07) is 9.17. The van der Waals surface area contributed by atoms with Crippen LogP contribution in [0.2, 0.25) is 0 Å². The van der Waals surface area contributed by atoms with E-state index < -0.39 is 17.4 Å². The van der Waals surface area contributed by atoms with Crippen molar-refractivity contribution in [3.8, 4) is 0 Å². The van der Waals surface area contributed by atoms with E-state index in [1.165, 1.54) is 7.11 Å². The highest BCUT2D eigenvalue weighted by atomic mass is 16.5. The van der Waals surface area contributed by atoms with Crippen LogP contribution in [0.4, 0.5) is 0 Å². The van der Waals surface area contributed by atoms with Gasteiger partial charge in [-0.05, 0) is 18.4 Å². The number of methoxy groups -OCH3 is 1. The molecule has 1 saturated carbocycles. The van der Waals surface area contributed by atoms with Gasteiger partial charge in [-0.2, -0.15) is 0 Å². The van der Waals surface area contributed by atoms with Crippen molar-refractivity contribution in [1.29, 1.82) is 0 Å². The van der Waals surface area contributed by atoms with Gasteiger partial charge < -0.3 is 14.4 Å². The van der Waals surface area contributed by atoms with Crippen LogP contribution in [0.15, 0.2) is 30.3 Å². The standard InChI is InChI=1S/C16H19NO4/c1-20-14(18)13-11-21-10-9-17(13)15(19)16(7-8-16)12-5-3-2-4-6-12/h2-6,13H,7-11H2,1H3. The average molecular weight is 289 g/mol. The SMILES string of the molecule is COC(=O)C1COCCN1C(=O)C1(c2ccccc2)CC1. The number of esters is 1. The van der Waals surface area contributed by atoms with Gasteiger partial charge >= 0.3 is 5.97 Å². The maximum Gasteiger partial charge on any atom is 0.331 e. The number of carbonyl (C=O) groups is 2. The van der Waals surface area contributed by atoms with Crippen molar-refractivity contribution in [1.82, 2.24) is 4.90 Å². The Morgan fingerprint density at radius 3 is 2.62 bits per heavy atom. The Balaban J connectivity index is 1.85. The normalized spacial score (nSPS) is 23.5. The molecule has 0 bridgehead atoms. The van der Waals surface area contributed by atoms with Gasteiger partial charge in [0.05, 0.1) is 25.7 Å². The number of amides is 1. The highest BCUT2D eigenvalue weighted by Crippen LogP contribution is 2.49. The third-order valence-electron chi connectivity index (χ3n) is 4.35. The second kappa shape index (κ2) is 5.48. The van der Waals surface area contributed by atoms with Gasteiger partial charge in [-0.1, -0.05) is 30.3 Å². The predicted octanol–water partition coefficient (Wildman–Crippen LogP) is 1.12. The fourth-order valence-electron chi connectivity index (χ4n) is 2.96. The number of hydrogen-bond donors (Lipinski definition) is 0. The number of hydrogen-bond acceptors (Lipinski definition) is 4. The van der Waals surface area contributed by atoms with Crippen LogP contribution in [0.3, 0.4) is 0 Å². The molecule has 1 unspecified atom stereocenters. The fraction of sp³-hybridized carbons (Fsp3) is 0.500. The van der Waals surface area contributed by atoms with E-state index in [0.29, 0.717) is 13.2 Å². The van der Waals surface area contributed by atoms with E-state index in [0.717, 1.165) is 18.4 Å². The van der Waals surface area contributed by atoms with Gasteiger partial charge in [-0.15, -0.1) is 0 Å². The van der Waals surface area contributed by atoms with Crippen molar-refractivity contribution in [3.05, 3.63) is 35.9 Å². The van der Waals surface area contributed by atoms with Crippen molar-refractivity contribution in [3.63, 3.8) is 0 Å². The zero-order chi connectivity index (χ0) is 14.9. The average Bonchev–Trinajstić information content (AvgIpc) is 3.36. The summed E-state index contributed by atoms with van der Waals surface area (Å²) in [4.78, 5) is 26.5. The molecule has 2 aliphatic rings. The van der Waals surface area contributed by atoms with Crippen LogP contribution in [0.5, 0.6) is 0 Å². The lowest BCUT2D eigenvalue weighted by atomic mass is 9.93.